The summed E-state index contributed by atoms with van der Waals surface area (Å²) in [6.07, 6.45) is 18.0. The predicted octanol–water partition coefficient (Wildman–Crippen LogP) is 6.93. The molecule has 3 aliphatic rings. The second-order valence-electron chi connectivity index (χ2n) is 13.2. The minimum Gasteiger partial charge on any atom is -0.393 e. The van der Waals surface area contributed by atoms with E-state index in [1.165, 1.54) is 56.1 Å². The van der Waals surface area contributed by atoms with Gasteiger partial charge in [0.25, 0.3) is 0 Å². The highest BCUT2D eigenvalue weighted by Gasteiger charge is 2.56. The van der Waals surface area contributed by atoms with Gasteiger partial charge in [0, 0.05) is 6.61 Å². The van der Waals surface area contributed by atoms with E-state index in [0.717, 1.165) is 44.6 Å². The maximum Gasteiger partial charge on any atom is 0.0618 e. The fraction of sp³-hybridized carbons (Fsp3) is 0.818. The average Bonchev–Trinajstić information content (AvgIpc) is 3.17. The number of allylic oxidation sites excluding steroid dienone is 4. The molecule has 5 N–H and O–H groups in total. The molecule has 0 aromatic heterocycles. The molecule has 0 radical (unpaired) electrons. The fourth-order valence-electron chi connectivity index (χ4n) is 8.15. The molecule has 4 heteroatoms. The number of hydrogen-bond donors (Lipinski definition) is 3. The Morgan fingerprint density at radius 3 is 2.57 bits per heavy atom. The number of fused-ring (bicyclic) bond motifs is 1. The Hall–Kier alpha value is -0.940. The third kappa shape index (κ3) is 7.81. The van der Waals surface area contributed by atoms with Gasteiger partial charge in [-0.1, -0.05) is 76.8 Å². The van der Waals surface area contributed by atoms with Crippen molar-refractivity contribution < 1.29 is 9.84 Å². The molecule has 0 heterocycles. The third-order valence-corrected chi connectivity index (χ3v) is 10.0. The minimum absolute atomic E-state index is 0.221. The van der Waals surface area contributed by atoms with Crippen LogP contribution in [0, 0.1) is 35.0 Å². The third-order valence-electron chi connectivity index (χ3n) is 10.0. The minimum atomic E-state index is -0.221. The molecule has 0 bridgehead atoms. The van der Waals surface area contributed by atoms with Crippen LogP contribution in [0.3, 0.4) is 0 Å². The van der Waals surface area contributed by atoms with Gasteiger partial charge in [0.15, 0.2) is 0 Å². The molecular formula is C33H58N2O2. The Kier molecular flexibility index (Phi) is 11.9. The van der Waals surface area contributed by atoms with Crippen LogP contribution in [0.2, 0.25) is 0 Å². The second kappa shape index (κ2) is 14.4. The number of nitrogens with two attached hydrogens (primary N) is 2. The van der Waals surface area contributed by atoms with E-state index < -0.39 is 0 Å². The first-order valence-electron chi connectivity index (χ1n) is 15.5. The second-order valence-corrected chi connectivity index (χ2v) is 13.2. The van der Waals surface area contributed by atoms with Crippen LogP contribution in [0.5, 0.6) is 0 Å². The number of ether oxygens (including phenoxy) is 1. The van der Waals surface area contributed by atoms with E-state index in [1.807, 2.05) is 0 Å². The van der Waals surface area contributed by atoms with Crippen molar-refractivity contribution in [3.8, 4) is 0 Å². The van der Waals surface area contributed by atoms with Crippen LogP contribution in [-0.2, 0) is 4.74 Å². The molecule has 3 aliphatic carbocycles. The van der Waals surface area contributed by atoms with Gasteiger partial charge in [-0.2, -0.15) is 0 Å². The van der Waals surface area contributed by atoms with E-state index in [-0.39, 0.29) is 12.2 Å². The first kappa shape index (κ1) is 30.6. The molecule has 0 aromatic carbocycles. The van der Waals surface area contributed by atoms with Gasteiger partial charge >= 0.3 is 0 Å². The van der Waals surface area contributed by atoms with E-state index in [1.54, 1.807) is 5.57 Å². The van der Waals surface area contributed by atoms with Gasteiger partial charge in [-0.3, -0.25) is 0 Å². The normalized spacial score (nSPS) is 34.3. The van der Waals surface area contributed by atoms with Crippen molar-refractivity contribution in [1.29, 1.82) is 0 Å². The van der Waals surface area contributed by atoms with Gasteiger partial charge in [0.05, 0.1) is 12.2 Å². The summed E-state index contributed by atoms with van der Waals surface area (Å²) in [5.41, 5.74) is 16.3. The fourth-order valence-corrected chi connectivity index (χ4v) is 8.15. The number of aliphatic hydroxyl groups excluding tert-OH is 1. The lowest BCUT2D eigenvalue weighted by Gasteiger charge is -2.46. The molecule has 0 aliphatic heterocycles. The van der Waals surface area contributed by atoms with Gasteiger partial charge in [-0.05, 0) is 111 Å². The Morgan fingerprint density at radius 2 is 1.86 bits per heavy atom. The lowest BCUT2D eigenvalue weighted by Crippen LogP contribution is -2.40. The Bertz CT molecular complexity index is 787. The monoisotopic (exact) mass is 514 g/mol. The standard InChI is InChI=1S/C33H58N2O2/c1-23(2)9-6-10-25(4)32-29(31(16-19-35)37-20-8-18-34)22-30-26(11-7-17-33(30,32)5)13-14-27-21-28(36)15-12-24(27)3/h13-14,23,25,28-32,36H,3,6-12,15-22,34-35H2,1-2,4-5H3/b26-13+,27-14+/t25-,28+,29?,30+,31?,32-,33+/m1/s1. The first-order chi connectivity index (χ1) is 17.7. The summed E-state index contributed by atoms with van der Waals surface area (Å²) >= 11 is 0. The highest BCUT2D eigenvalue weighted by molar-refractivity contribution is 5.36. The summed E-state index contributed by atoms with van der Waals surface area (Å²) < 4.78 is 6.57. The Balaban J connectivity index is 1.90. The zero-order chi connectivity index (χ0) is 27.0. The molecule has 3 rings (SSSR count). The van der Waals surface area contributed by atoms with Crippen molar-refractivity contribution in [3.63, 3.8) is 0 Å². The number of aliphatic hydroxyl groups is 1. The van der Waals surface area contributed by atoms with Gasteiger partial charge < -0.3 is 21.3 Å². The molecule has 0 amide bonds. The molecule has 212 valence electrons. The zero-order valence-electron chi connectivity index (χ0n) is 24.5. The molecule has 4 nitrogen and oxygen atoms in total. The van der Waals surface area contributed by atoms with Crippen molar-refractivity contribution in [3.05, 3.63) is 35.5 Å². The summed E-state index contributed by atoms with van der Waals surface area (Å²) in [6, 6.07) is 0. The maximum absolute atomic E-state index is 10.2. The Labute approximate surface area is 228 Å². The van der Waals surface area contributed by atoms with Crippen LogP contribution in [0.15, 0.2) is 35.5 Å². The van der Waals surface area contributed by atoms with E-state index in [2.05, 4.69) is 46.4 Å². The maximum atomic E-state index is 10.2. The van der Waals surface area contributed by atoms with Gasteiger partial charge in [-0.25, -0.2) is 0 Å². The number of hydrogen-bond acceptors (Lipinski definition) is 4. The van der Waals surface area contributed by atoms with Crippen LogP contribution in [0.4, 0.5) is 0 Å². The molecular weight excluding hydrogens is 456 g/mol. The topological polar surface area (TPSA) is 81.5 Å². The lowest BCUT2D eigenvalue weighted by atomic mass is 9.59. The van der Waals surface area contributed by atoms with Crippen LogP contribution in [-0.4, -0.2) is 37.0 Å². The van der Waals surface area contributed by atoms with E-state index in [9.17, 15) is 5.11 Å². The summed E-state index contributed by atoms with van der Waals surface area (Å²) in [7, 11) is 0. The van der Waals surface area contributed by atoms with Crippen molar-refractivity contribution in [2.45, 2.75) is 117 Å². The highest BCUT2D eigenvalue weighted by atomic mass is 16.5. The van der Waals surface area contributed by atoms with E-state index >= 15 is 0 Å². The van der Waals surface area contributed by atoms with Crippen molar-refractivity contribution in [1.82, 2.24) is 0 Å². The predicted molar refractivity (Wildman–Crippen MR) is 157 cm³/mol. The molecule has 3 fully saturated rings. The molecule has 3 saturated carbocycles. The van der Waals surface area contributed by atoms with Gasteiger partial charge in [-0.15, -0.1) is 0 Å². The van der Waals surface area contributed by atoms with Gasteiger partial charge in [0.1, 0.15) is 0 Å². The largest absolute Gasteiger partial charge is 0.393 e. The highest BCUT2D eigenvalue weighted by Crippen LogP contribution is 2.63. The van der Waals surface area contributed by atoms with Gasteiger partial charge in [0.2, 0.25) is 0 Å². The molecule has 37 heavy (non-hydrogen) atoms. The molecule has 0 saturated heterocycles. The zero-order valence-corrected chi connectivity index (χ0v) is 24.5. The Morgan fingerprint density at radius 1 is 1.08 bits per heavy atom. The molecule has 0 spiro atoms. The summed E-state index contributed by atoms with van der Waals surface area (Å²) in [5.74, 6) is 3.25. The van der Waals surface area contributed by atoms with E-state index in [0.29, 0.717) is 42.2 Å². The van der Waals surface area contributed by atoms with Crippen LogP contribution < -0.4 is 11.5 Å². The van der Waals surface area contributed by atoms with Crippen LogP contribution in [0.25, 0.3) is 0 Å². The van der Waals surface area contributed by atoms with Crippen molar-refractivity contribution in [2.75, 3.05) is 19.7 Å². The lowest BCUT2D eigenvalue weighted by molar-refractivity contribution is -0.0311. The SMILES string of the molecule is C=C1CC[C@H](O)C/C1=C\C=C1/CCC[C@@]2(C)[C@H]1CC(C(CCN)OCCCN)[C@H]2[C@H](C)CCCC(C)C. The van der Waals surface area contributed by atoms with Crippen LogP contribution >= 0.6 is 0 Å². The summed E-state index contributed by atoms with van der Waals surface area (Å²) in [5, 5.41) is 10.2. The van der Waals surface area contributed by atoms with Crippen molar-refractivity contribution in [2.24, 2.45) is 46.5 Å². The molecule has 0 aromatic rings. The molecule has 7 atom stereocenters. The van der Waals surface area contributed by atoms with E-state index in [4.69, 9.17) is 16.2 Å². The van der Waals surface area contributed by atoms with Crippen LogP contribution in [0.1, 0.15) is 105 Å². The smallest absolute Gasteiger partial charge is 0.0618 e. The summed E-state index contributed by atoms with van der Waals surface area (Å²) in [4.78, 5) is 0. The summed E-state index contributed by atoms with van der Waals surface area (Å²) in [6.45, 7) is 16.2. The average molecular weight is 515 g/mol. The first-order valence-corrected chi connectivity index (χ1v) is 15.5. The molecule has 2 unspecified atom stereocenters. The number of rotatable bonds is 13. The quantitative estimate of drug-likeness (QED) is 0.233. The van der Waals surface area contributed by atoms with Crippen molar-refractivity contribution >= 4 is 0 Å².